The molecule has 3 heteroatoms. The summed E-state index contributed by atoms with van der Waals surface area (Å²) in [6.45, 7) is 4.09. The van der Waals surface area contributed by atoms with Crippen LogP contribution in [0.15, 0.2) is 18.3 Å². The summed E-state index contributed by atoms with van der Waals surface area (Å²) in [6.07, 6.45) is 6.59. The van der Waals surface area contributed by atoms with Crippen LogP contribution in [0.1, 0.15) is 51.3 Å². The van der Waals surface area contributed by atoms with Gasteiger partial charge >= 0.3 is 0 Å². The van der Waals surface area contributed by atoms with Gasteiger partial charge < -0.3 is 10.0 Å². The van der Waals surface area contributed by atoms with Crippen molar-refractivity contribution in [1.82, 2.24) is 4.98 Å². The number of aliphatic hydroxyl groups excluding tert-OH is 1. The molecule has 1 aliphatic rings. The number of nitrogens with zero attached hydrogens (tertiary/aromatic N) is 2. The first-order valence-corrected chi connectivity index (χ1v) is 6.94. The van der Waals surface area contributed by atoms with Crippen molar-refractivity contribution in [3.05, 3.63) is 24.0 Å². The number of pyridine rings is 1. The van der Waals surface area contributed by atoms with E-state index in [0.29, 0.717) is 6.04 Å². The summed E-state index contributed by atoms with van der Waals surface area (Å²) in [5, 5.41) is 9.45. The van der Waals surface area contributed by atoms with Gasteiger partial charge in [-0.25, -0.2) is 0 Å². The molecule has 1 N–H and O–H groups in total. The summed E-state index contributed by atoms with van der Waals surface area (Å²) < 4.78 is 0. The Bertz CT molecular complexity index is 367. The first-order valence-electron chi connectivity index (χ1n) is 6.94. The third-order valence-corrected chi connectivity index (χ3v) is 4.14. The van der Waals surface area contributed by atoms with E-state index < -0.39 is 6.10 Å². The van der Waals surface area contributed by atoms with Crippen molar-refractivity contribution in [2.75, 3.05) is 11.9 Å². The molecule has 0 spiro atoms. The highest BCUT2D eigenvalue weighted by Gasteiger charge is 2.22. The Hall–Kier alpha value is -1.09. The SMILES string of the molecule is CC1CCC(N(C)c2ccc([C@H](C)O)nc2)CC1. The quantitative estimate of drug-likeness (QED) is 0.892. The lowest BCUT2D eigenvalue weighted by molar-refractivity contribution is 0.194. The van der Waals surface area contributed by atoms with Crippen LogP contribution < -0.4 is 4.90 Å². The van der Waals surface area contributed by atoms with Gasteiger partial charge in [0, 0.05) is 13.1 Å². The zero-order chi connectivity index (χ0) is 13.1. The first kappa shape index (κ1) is 13.3. The van der Waals surface area contributed by atoms with Gasteiger partial charge in [0.05, 0.1) is 23.7 Å². The average molecular weight is 248 g/mol. The highest BCUT2D eigenvalue weighted by molar-refractivity contribution is 5.45. The predicted molar refractivity (Wildman–Crippen MR) is 74.7 cm³/mol. The van der Waals surface area contributed by atoms with E-state index >= 15 is 0 Å². The van der Waals surface area contributed by atoms with Crippen molar-refractivity contribution >= 4 is 5.69 Å². The van der Waals surface area contributed by atoms with E-state index in [0.717, 1.165) is 17.3 Å². The topological polar surface area (TPSA) is 36.4 Å². The normalized spacial score (nSPS) is 25.8. The van der Waals surface area contributed by atoms with E-state index in [2.05, 4.69) is 29.9 Å². The molecule has 2 rings (SSSR count). The minimum atomic E-state index is -0.486. The number of hydrogen-bond acceptors (Lipinski definition) is 3. The Labute approximate surface area is 110 Å². The fourth-order valence-electron chi connectivity index (χ4n) is 2.69. The second-order valence-electron chi connectivity index (χ2n) is 5.64. The third-order valence-electron chi connectivity index (χ3n) is 4.14. The van der Waals surface area contributed by atoms with Crippen LogP contribution in [0.4, 0.5) is 5.69 Å². The largest absolute Gasteiger partial charge is 0.387 e. The van der Waals surface area contributed by atoms with Crippen LogP contribution in [-0.2, 0) is 0 Å². The molecule has 0 amide bonds. The van der Waals surface area contributed by atoms with E-state index in [1.807, 2.05) is 12.3 Å². The molecular weight excluding hydrogens is 224 g/mol. The highest BCUT2D eigenvalue weighted by Crippen LogP contribution is 2.29. The van der Waals surface area contributed by atoms with Gasteiger partial charge in [0.2, 0.25) is 0 Å². The fourth-order valence-corrected chi connectivity index (χ4v) is 2.69. The van der Waals surface area contributed by atoms with Gasteiger partial charge in [0.1, 0.15) is 0 Å². The van der Waals surface area contributed by atoms with Gasteiger partial charge in [0.25, 0.3) is 0 Å². The molecule has 0 saturated heterocycles. The van der Waals surface area contributed by atoms with Crippen LogP contribution in [0, 0.1) is 5.92 Å². The van der Waals surface area contributed by atoms with Crippen LogP contribution in [0.25, 0.3) is 0 Å². The van der Waals surface area contributed by atoms with Crippen molar-refractivity contribution < 1.29 is 5.11 Å². The number of anilines is 1. The minimum Gasteiger partial charge on any atom is -0.387 e. The molecule has 0 aliphatic heterocycles. The van der Waals surface area contributed by atoms with Crippen molar-refractivity contribution in [3.8, 4) is 0 Å². The molecule has 0 bridgehead atoms. The van der Waals surface area contributed by atoms with Gasteiger partial charge in [0.15, 0.2) is 0 Å². The summed E-state index contributed by atoms with van der Waals surface area (Å²) >= 11 is 0. The molecule has 1 aromatic rings. The maximum absolute atomic E-state index is 9.45. The molecule has 1 fully saturated rings. The maximum atomic E-state index is 9.45. The molecule has 1 aromatic heterocycles. The van der Waals surface area contributed by atoms with Crippen LogP contribution in [0.2, 0.25) is 0 Å². The fraction of sp³-hybridized carbons (Fsp3) is 0.667. The lowest BCUT2D eigenvalue weighted by Crippen LogP contribution is -2.34. The Morgan fingerprint density at radius 1 is 1.28 bits per heavy atom. The van der Waals surface area contributed by atoms with Crippen LogP contribution >= 0.6 is 0 Å². The molecule has 0 radical (unpaired) electrons. The Balaban J connectivity index is 2.02. The van der Waals surface area contributed by atoms with Gasteiger partial charge in [-0.2, -0.15) is 0 Å². The standard InChI is InChI=1S/C15H24N2O/c1-11-4-6-13(7-5-11)17(3)14-8-9-15(12(2)18)16-10-14/h8-13,18H,4-7H2,1-3H3/t11?,12-,13?/m0/s1. The third kappa shape index (κ3) is 3.02. The van der Waals surface area contributed by atoms with E-state index in [4.69, 9.17) is 0 Å². The smallest absolute Gasteiger partial charge is 0.0931 e. The molecule has 1 saturated carbocycles. The number of aliphatic hydroxyl groups is 1. The molecule has 3 nitrogen and oxygen atoms in total. The monoisotopic (exact) mass is 248 g/mol. The molecule has 1 atom stereocenters. The lowest BCUT2D eigenvalue weighted by Gasteiger charge is -2.35. The van der Waals surface area contributed by atoms with Crippen LogP contribution in [0.5, 0.6) is 0 Å². The second-order valence-corrected chi connectivity index (χ2v) is 5.64. The molecule has 0 aromatic carbocycles. The Morgan fingerprint density at radius 3 is 2.44 bits per heavy atom. The van der Waals surface area contributed by atoms with Crippen molar-refractivity contribution in [3.63, 3.8) is 0 Å². The maximum Gasteiger partial charge on any atom is 0.0931 e. The second kappa shape index (κ2) is 5.70. The predicted octanol–water partition coefficient (Wildman–Crippen LogP) is 3.15. The van der Waals surface area contributed by atoms with Crippen molar-refractivity contribution in [2.24, 2.45) is 5.92 Å². The highest BCUT2D eigenvalue weighted by atomic mass is 16.3. The van der Waals surface area contributed by atoms with Gasteiger partial charge in [-0.1, -0.05) is 6.92 Å². The minimum absolute atomic E-state index is 0.486. The zero-order valence-electron chi connectivity index (χ0n) is 11.6. The Morgan fingerprint density at radius 2 is 1.94 bits per heavy atom. The first-order chi connectivity index (χ1) is 8.58. The number of rotatable bonds is 3. The van der Waals surface area contributed by atoms with Gasteiger partial charge in [-0.15, -0.1) is 0 Å². The molecule has 0 unspecified atom stereocenters. The zero-order valence-corrected chi connectivity index (χ0v) is 11.6. The molecule has 100 valence electrons. The number of aromatic nitrogens is 1. The number of hydrogen-bond donors (Lipinski definition) is 1. The summed E-state index contributed by atoms with van der Waals surface area (Å²) in [5.41, 5.74) is 1.89. The summed E-state index contributed by atoms with van der Waals surface area (Å²) in [5.74, 6) is 0.880. The van der Waals surface area contributed by atoms with Crippen molar-refractivity contribution in [2.45, 2.75) is 51.7 Å². The van der Waals surface area contributed by atoms with E-state index in [9.17, 15) is 5.11 Å². The van der Waals surface area contributed by atoms with E-state index in [1.54, 1.807) is 6.92 Å². The van der Waals surface area contributed by atoms with Crippen LogP contribution in [0.3, 0.4) is 0 Å². The summed E-state index contributed by atoms with van der Waals surface area (Å²) in [7, 11) is 2.15. The Kier molecular flexibility index (Phi) is 4.23. The van der Waals surface area contributed by atoms with Gasteiger partial charge in [-0.05, 0) is 50.7 Å². The van der Waals surface area contributed by atoms with Crippen molar-refractivity contribution in [1.29, 1.82) is 0 Å². The average Bonchev–Trinajstić information content (AvgIpc) is 2.39. The van der Waals surface area contributed by atoms with E-state index in [-0.39, 0.29) is 0 Å². The van der Waals surface area contributed by atoms with Crippen LogP contribution in [-0.4, -0.2) is 23.2 Å². The molecule has 1 heterocycles. The van der Waals surface area contributed by atoms with Gasteiger partial charge in [-0.3, -0.25) is 4.98 Å². The molecular formula is C15H24N2O. The molecule has 18 heavy (non-hydrogen) atoms. The summed E-state index contributed by atoms with van der Waals surface area (Å²) in [6, 6.07) is 4.62. The van der Waals surface area contributed by atoms with E-state index in [1.165, 1.54) is 25.7 Å². The lowest BCUT2D eigenvalue weighted by atomic mass is 9.86. The molecule has 1 aliphatic carbocycles. The summed E-state index contributed by atoms with van der Waals surface area (Å²) in [4.78, 5) is 6.66.